The molecule has 1 atom stereocenters. The Morgan fingerprint density at radius 2 is 1.00 bits per heavy atom. The Labute approximate surface area is 173 Å². The Hall–Kier alpha value is -0.400. The second-order valence-electron chi connectivity index (χ2n) is 4.52. The summed E-state index contributed by atoms with van der Waals surface area (Å²) in [5, 5.41) is 52.9. The lowest BCUT2D eigenvalue weighted by Crippen LogP contribution is -2.41. The van der Waals surface area contributed by atoms with Gasteiger partial charge >= 0.3 is 0 Å². The molecule has 10 heteroatoms. The summed E-state index contributed by atoms with van der Waals surface area (Å²) in [6, 6.07) is 0.227. The highest BCUT2D eigenvalue weighted by Gasteiger charge is 2.02. The summed E-state index contributed by atoms with van der Waals surface area (Å²) < 4.78 is 0. The van der Waals surface area contributed by atoms with Gasteiger partial charge in [-0.25, -0.2) is 0 Å². The normalized spacial score (nSPS) is 9.32. The molecular formula is C18H52N4O6. The Morgan fingerprint density at radius 3 is 1.25 bits per heavy atom. The van der Waals surface area contributed by atoms with E-state index in [4.69, 9.17) is 42.1 Å². The third-order valence-electron chi connectivity index (χ3n) is 1.82. The molecule has 0 rings (SSSR count). The topological polar surface area (TPSA) is 197 Å². The molecule has 180 valence electrons. The molecular weight excluding hydrogens is 368 g/mol. The van der Waals surface area contributed by atoms with E-state index in [0.29, 0.717) is 19.5 Å². The monoisotopic (exact) mass is 420 g/mol. The molecule has 0 aromatic carbocycles. The fourth-order valence-electron chi connectivity index (χ4n) is 1.05. The van der Waals surface area contributed by atoms with E-state index in [1.54, 1.807) is 34.6 Å². The van der Waals surface area contributed by atoms with E-state index < -0.39 is 0 Å². The van der Waals surface area contributed by atoms with Gasteiger partial charge in [-0.3, -0.25) is 0 Å². The lowest BCUT2D eigenvalue weighted by molar-refractivity contribution is 0.266. The van der Waals surface area contributed by atoms with Crippen molar-refractivity contribution in [3.63, 3.8) is 0 Å². The SMILES string of the molecule is CCO.CCO.CCO.CCO.CCO.NCCNCCNC(CN)CCO. The Morgan fingerprint density at radius 1 is 0.643 bits per heavy atom. The first kappa shape index (κ1) is 41.9. The predicted molar refractivity (Wildman–Crippen MR) is 118 cm³/mol. The van der Waals surface area contributed by atoms with Gasteiger partial charge in [0.15, 0.2) is 0 Å². The molecule has 0 aromatic heterocycles. The van der Waals surface area contributed by atoms with Gasteiger partial charge in [-0.1, -0.05) is 0 Å². The van der Waals surface area contributed by atoms with E-state index in [2.05, 4.69) is 10.6 Å². The van der Waals surface area contributed by atoms with Gasteiger partial charge in [0.25, 0.3) is 0 Å². The average Bonchev–Trinajstić information content (AvgIpc) is 2.64. The molecule has 0 radical (unpaired) electrons. The summed E-state index contributed by atoms with van der Waals surface area (Å²) in [5.74, 6) is 0. The highest BCUT2D eigenvalue weighted by molar-refractivity contribution is 4.67. The first-order chi connectivity index (χ1) is 13.4. The summed E-state index contributed by atoms with van der Waals surface area (Å²) in [7, 11) is 0. The summed E-state index contributed by atoms with van der Waals surface area (Å²) in [6.07, 6.45) is 0.716. The van der Waals surface area contributed by atoms with Crippen molar-refractivity contribution in [2.24, 2.45) is 11.5 Å². The van der Waals surface area contributed by atoms with E-state index in [1.807, 2.05) is 0 Å². The summed E-state index contributed by atoms with van der Waals surface area (Å²) >= 11 is 0. The van der Waals surface area contributed by atoms with Crippen LogP contribution in [0.5, 0.6) is 0 Å². The van der Waals surface area contributed by atoms with Crippen molar-refractivity contribution >= 4 is 0 Å². The number of hydrogen-bond acceptors (Lipinski definition) is 10. The number of aliphatic hydroxyl groups is 6. The Kier molecular flexibility index (Phi) is 94.6. The van der Waals surface area contributed by atoms with Crippen molar-refractivity contribution in [2.45, 2.75) is 47.1 Å². The Bertz CT molecular complexity index is 163. The summed E-state index contributed by atoms with van der Waals surface area (Å²) in [4.78, 5) is 0. The summed E-state index contributed by atoms with van der Waals surface area (Å²) in [6.45, 7) is 13.7. The van der Waals surface area contributed by atoms with Crippen molar-refractivity contribution < 1.29 is 30.6 Å². The van der Waals surface area contributed by atoms with Crippen LogP contribution in [0.1, 0.15) is 41.0 Å². The van der Waals surface area contributed by atoms with Crippen LogP contribution < -0.4 is 22.1 Å². The van der Waals surface area contributed by atoms with E-state index in [0.717, 1.165) is 19.6 Å². The molecule has 0 aliphatic heterocycles. The van der Waals surface area contributed by atoms with E-state index >= 15 is 0 Å². The van der Waals surface area contributed by atoms with Gasteiger partial charge in [-0.2, -0.15) is 0 Å². The second kappa shape index (κ2) is 63.3. The number of hydrogen-bond donors (Lipinski definition) is 10. The molecule has 0 aliphatic rings. The molecule has 0 aliphatic carbocycles. The van der Waals surface area contributed by atoms with Crippen LogP contribution in [0.3, 0.4) is 0 Å². The van der Waals surface area contributed by atoms with Crippen LogP contribution in [0.2, 0.25) is 0 Å². The summed E-state index contributed by atoms with van der Waals surface area (Å²) in [5.41, 5.74) is 10.8. The first-order valence-electron chi connectivity index (χ1n) is 9.92. The van der Waals surface area contributed by atoms with Crippen LogP contribution in [0, 0.1) is 0 Å². The van der Waals surface area contributed by atoms with E-state index in [-0.39, 0.29) is 45.7 Å². The van der Waals surface area contributed by atoms with E-state index in [1.165, 1.54) is 0 Å². The van der Waals surface area contributed by atoms with Crippen molar-refractivity contribution in [2.75, 3.05) is 72.4 Å². The number of rotatable bonds is 9. The van der Waals surface area contributed by atoms with Crippen LogP contribution in [0.15, 0.2) is 0 Å². The van der Waals surface area contributed by atoms with Gasteiger partial charge in [-0.05, 0) is 41.0 Å². The third-order valence-corrected chi connectivity index (χ3v) is 1.82. The van der Waals surface area contributed by atoms with Crippen molar-refractivity contribution in [1.29, 1.82) is 0 Å². The average molecular weight is 421 g/mol. The lowest BCUT2D eigenvalue weighted by Gasteiger charge is -2.15. The van der Waals surface area contributed by atoms with Crippen LogP contribution >= 0.6 is 0 Å². The zero-order chi connectivity index (χ0) is 23.5. The first-order valence-corrected chi connectivity index (χ1v) is 9.92. The van der Waals surface area contributed by atoms with Crippen LogP contribution in [0.4, 0.5) is 0 Å². The quantitative estimate of drug-likeness (QED) is 0.183. The largest absolute Gasteiger partial charge is 0.397 e. The smallest absolute Gasteiger partial charge is 0.0446 e. The molecule has 0 fully saturated rings. The minimum absolute atomic E-state index is 0.186. The molecule has 0 bridgehead atoms. The van der Waals surface area contributed by atoms with Gasteiger partial charge in [0.05, 0.1) is 0 Å². The highest BCUT2D eigenvalue weighted by atomic mass is 16.3. The minimum Gasteiger partial charge on any atom is -0.397 e. The van der Waals surface area contributed by atoms with Gasteiger partial charge in [-0.15, -0.1) is 0 Å². The van der Waals surface area contributed by atoms with Gasteiger partial charge in [0.1, 0.15) is 0 Å². The molecule has 0 amide bonds. The molecule has 0 saturated carbocycles. The molecule has 12 N–H and O–H groups in total. The predicted octanol–water partition coefficient (Wildman–Crippen LogP) is -2.17. The second-order valence-corrected chi connectivity index (χ2v) is 4.52. The number of nitrogens with one attached hydrogen (secondary N) is 2. The molecule has 1 unspecified atom stereocenters. The maximum atomic E-state index is 8.68. The molecule has 0 saturated heterocycles. The maximum Gasteiger partial charge on any atom is 0.0446 e. The number of nitrogens with two attached hydrogens (primary N) is 2. The van der Waals surface area contributed by atoms with Crippen LogP contribution in [-0.2, 0) is 0 Å². The van der Waals surface area contributed by atoms with Gasteiger partial charge in [0, 0.05) is 78.4 Å². The number of aliphatic hydroxyl groups excluding tert-OH is 6. The highest BCUT2D eigenvalue weighted by Crippen LogP contribution is 1.86. The molecule has 0 aromatic rings. The third kappa shape index (κ3) is 115. The Balaban J connectivity index is -0.0000000660. The molecule has 10 nitrogen and oxygen atoms in total. The van der Waals surface area contributed by atoms with Gasteiger partial charge in [0.2, 0.25) is 0 Å². The standard InChI is InChI=1S/C8H22N4O.5C2H6O/c9-2-3-11-4-5-12-8(7-10)1-6-13;5*1-2-3/h8,11-13H,1-7,9-10H2;5*3H,2H2,1H3. The fourth-order valence-corrected chi connectivity index (χ4v) is 1.05. The minimum atomic E-state index is 0.186. The van der Waals surface area contributed by atoms with E-state index in [9.17, 15) is 0 Å². The maximum absolute atomic E-state index is 8.68. The van der Waals surface area contributed by atoms with Crippen molar-refractivity contribution in [1.82, 2.24) is 10.6 Å². The van der Waals surface area contributed by atoms with Crippen LogP contribution in [-0.4, -0.2) is 109 Å². The molecule has 0 spiro atoms. The van der Waals surface area contributed by atoms with Gasteiger partial charge < -0.3 is 52.7 Å². The van der Waals surface area contributed by atoms with Crippen LogP contribution in [0.25, 0.3) is 0 Å². The zero-order valence-corrected chi connectivity index (χ0v) is 18.9. The van der Waals surface area contributed by atoms with Crippen molar-refractivity contribution in [3.8, 4) is 0 Å². The fraction of sp³-hybridized carbons (Fsp3) is 1.00. The zero-order valence-electron chi connectivity index (χ0n) is 18.9. The molecule has 0 heterocycles. The lowest BCUT2D eigenvalue weighted by atomic mass is 10.2. The van der Waals surface area contributed by atoms with Crippen molar-refractivity contribution in [3.05, 3.63) is 0 Å². The molecule has 28 heavy (non-hydrogen) atoms.